The molecule has 2 aromatic carbocycles. The van der Waals surface area contributed by atoms with Crippen LogP contribution in [0.25, 0.3) is 33.3 Å². The molecule has 6 nitrogen and oxygen atoms in total. The van der Waals surface area contributed by atoms with Crippen LogP contribution in [0.15, 0.2) is 97.3 Å². The summed E-state index contributed by atoms with van der Waals surface area (Å²) in [5.74, 6) is 0.618. The lowest BCUT2D eigenvalue weighted by Gasteiger charge is -2.02. The van der Waals surface area contributed by atoms with Crippen molar-refractivity contribution in [1.29, 1.82) is 10.5 Å². The Morgan fingerprint density at radius 1 is 0.575 bits per heavy atom. The fourth-order valence-corrected chi connectivity index (χ4v) is 4.60. The molecule has 0 N–H and O–H groups in total. The average Bonchev–Trinajstić information content (AvgIpc) is 3.47. The van der Waals surface area contributed by atoms with Gasteiger partial charge in [-0.1, -0.05) is 36.4 Å². The lowest BCUT2D eigenvalue weighted by atomic mass is 10.1. The van der Waals surface area contributed by atoms with E-state index >= 15 is 0 Å². The van der Waals surface area contributed by atoms with Gasteiger partial charge in [0.1, 0.15) is 35.0 Å². The molecule has 0 saturated heterocycles. The minimum absolute atomic E-state index is 0.295. The Hall–Kier alpha value is -5.60. The monoisotopic (exact) mass is 532 g/mol. The second-order valence-corrected chi connectivity index (χ2v) is 8.67. The summed E-state index contributed by atoms with van der Waals surface area (Å²) in [4.78, 5) is 0. The fraction of sp³-hybridized carbons (Fsp3) is 0.0625. The molecular weight excluding hydrogens is 510 g/mol. The van der Waals surface area contributed by atoms with E-state index in [2.05, 4.69) is 12.1 Å². The molecule has 0 unspecified atom stereocenters. The van der Waals surface area contributed by atoms with Crippen molar-refractivity contribution in [1.82, 2.24) is 8.80 Å². The highest BCUT2D eigenvalue weighted by atomic mass is 19.1. The Morgan fingerprint density at radius 3 is 1.27 bits per heavy atom. The van der Waals surface area contributed by atoms with Gasteiger partial charge in [-0.05, 0) is 59.7 Å². The molecule has 6 aromatic rings. The van der Waals surface area contributed by atoms with E-state index in [0.717, 1.165) is 0 Å². The van der Waals surface area contributed by atoms with Crippen molar-refractivity contribution >= 4 is 11.0 Å². The van der Waals surface area contributed by atoms with E-state index in [1.54, 1.807) is 120 Å². The van der Waals surface area contributed by atoms with Crippen LogP contribution < -0.4 is 9.47 Å². The summed E-state index contributed by atoms with van der Waals surface area (Å²) in [7, 11) is 3.14. The van der Waals surface area contributed by atoms with Crippen LogP contribution in [0.2, 0.25) is 0 Å². The van der Waals surface area contributed by atoms with Crippen LogP contribution >= 0.6 is 0 Å². The van der Waals surface area contributed by atoms with Crippen molar-refractivity contribution < 1.29 is 18.3 Å². The molecule has 0 aliphatic rings. The molecule has 6 rings (SSSR count). The number of aromatic nitrogens is 2. The van der Waals surface area contributed by atoms with Gasteiger partial charge in [0.2, 0.25) is 0 Å². The predicted octanol–water partition coefficient (Wildman–Crippen LogP) is 7.25. The lowest BCUT2D eigenvalue weighted by molar-refractivity contribution is 0.415. The number of hydrogen-bond donors (Lipinski definition) is 0. The maximum atomic E-state index is 14.5. The van der Waals surface area contributed by atoms with Gasteiger partial charge in [0, 0.05) is 12.4 Å². The Morgan fingerprint density at radius 2 is 0.950 bits per heavy atom. The zero-order chi connectivity index (χ0) is 28.2. The van der Waals surface area contributed by atoms with Gasteiger partial charge in [0.25, 0.3) is 0 Å². The molecule has 196 valence electrons. The van der Waals surface area contributed by atoms with Crippen LogP contribution in [0, 0.1) is 34.3 Å². The first-order valence-electron chi connectivity index (χ1n) is 12.2. The summed E-state index contributed by atoms with van der Waals surface area (Å²) in [5.41, 5.74) is 3.34. The fourth-order valence-electron chi connectivity index (χ4n) is 4.60. The van der Waals surface area contributed by atoms with Gasteiger partial charge in [-0.15, -0.1) is 0 Å². The number of methoxy groups -OCH3 is 2. The van der Waals surface area contributed by atoms with Crippen LogP contribution in [-0.2, 0) is 0 Å². The van der Waals surface area contributed by atoms with Gasteiger partial charge in [-0.25, -0.2) is 8.78 Å². The van der Waals surface area contributed by atoms with Crippen molar-refractivity contribution in [3.8, 4) is 45.9 Å². The third-order valence-corrected chi connectivity index (χ3v) is 6.53. The van der Waals surface area contributed by atoms with E-state index in [1.165, 1.54) is 0 Å². The number of ether oxygens (including phenoxy) is 2. The normalized spacial score (nSPS) is 10.4. The smallest absolute Gasteiger partial charge is 0.157 e. The zero-order valence-electron chi connectivity index (χ0n) is 21.6. The average molecular weight is 533 g/mol. The van der Waals surface area contributed by atoms with Gasteiger partial charge >= 0.3 is 0 Å². The molecule has 8 heteroatoms. The van der Waals surface area contributed by atoms with E-state index in [-0.39, 0.29) is 11.6 Å². The quantitative estimate of drug-likeness (QED) is 0.240. The van der Waals surface area contributed by atoms with Crippen LogP contribution in [0.1, 0.15) is 11.4 Å². The SMILES string of the molecule is COc1ccc(-c2c(F)c3ccccn3c2C#N)cc1.COc1ccc(-c2c(F)c3ccccn3c2C#N)cc1. The number of nitrogens with zero attached hydrogens (tertiary/aromatic N) is 4. The number of halogens is 2. The molecule has 0 amide bonds. The standard InChI is InChI=1S/2C16H11FN2O/c2*1-20-12-7-5-11(6-8-12)15-14(10-18)19-9-3-2-4-13(19)16(15)17/h2*2-9H,1H3. The second-order valence-electron chi connectivity index (χ2n) is 8.67. The molecule has 0 bridgehead atoms. The topological polar surface area (TPSA) is 74.9 Å². The van der Waals surface area contributed by atoms with Crippen LogP contribution in [0.3, 0.4) is 0 Å². The number of hydrogen-bond acceptors (Lipinski definition) is 4. The van der Waals surface area contributed by atoms with Gasteiger partial charge in [-0.3, -0.25) is 0 Å². The second kappa shape index (κ2) is 11.0. The van der Waals surface area contributed by atoms with Gasteiger partial charge in [-0.2, -0.15) is 10.5 Å². The van der Waals surface area contributed by atoms with Crippen LogP contribution in [0.5, 0.6) is 11.5 Å². The first-order chi connectivity index (χ1) is 19.5. The van der Waals surface area contributed by atoms with Crippen molar-refractivity contribution in [2.45, 2.75) is 0 Å². The van der Waals surface area contributed by atoms with Gasteiger partial charge in [0.05, 0.1) is 36.4 Å². The summed E-state index contributed by atoms with van der Waals surface area (Å²) < 4.78 is 42.4. The zero-order valence-corrected chi connectivity index (χ0v) is 21.6. The molecule has 0 atom stereocenters. The predicted molar refractivity (Wildman–Crippen MR) is 148 cm³/mol. The third kappa shape index (κ3) is 4.48. The number of fused-ring (bicyclic) bond motifs is 2. The molecule has 0 spiro atoms. The van der Waals surface area contributed by atoms with Crippen molar-refractivity contribution in [2.75, 3.05) is 14.2 Å². The molecule has 4 aromatic heterocycles. The Bertz CT molecular complexity index is 1770. The Balaban J connectivity index is 0.000000161. The van der Waals surface area contributed by atoms with Crippen molar-refractivity contribution in [3.63, 3.8) is 0 Å². The molecule has 0 fully saturated rings. The van der Waals surface area contributed by atoms with E-state index in [9.17, 15) is 19.3 Å². The molecule has 40 heavy (non-hydrogen) atoms. The summed E-state index contributed by atoms with van der Waals surface area (Å²) in [6.07, 6.45) is 3.37. The van der Waals surface area contributed by atoms with Crippen molar-refractivity contribution in [2.24, 2.45) is 0 Å². The number of benzene rings is 2. The number of rotatable bonds is 4. The van der Waals surface area contributed by atoms with E-state index in [1.807, 2.05) is 0 Å². The molecular formula is C32H22F2N4O2. The maximum Gasteiger partial charge on any atom is 0.157 e. The van der Waals surface area contributed by atoms with Crippen LogP contribution in [-0.4, -0.2) is 23.0 Å². The number of nitriles is 2. The highest BCUT2D eigenvalue weighted by Crippen LogP contribution is 2.33. The van der Waals surface area contributed by atoms with Gasteiger partial charge < -0.3 is 18.3 Å². The third-order valence-electron chi connectivity index (χ3n) is 6.53. The summed E-state index contributed by atoms with van der Waals surface area (Å²) in [6, 6.07) is 28.5. The largest absolute Gasteiger partial charge is 0.497 e. The minimum Gasteiger partial charge on any atom is -0.497 e. The summed E-state index contributed by atoms with van der Waals surface area (Å²) in [6.45, 7) is 0. The maximum absolute atomic E-state index is 14.5. The van der Waals surface area contributed by atoms with Crippen LogP contribution in [0.4, 0.5) is 8.78 Å². The highest BCUT2D eigenvalue weighted by molar-refractivity contribution is 5.79. The molecule has 0 aliphatic carbocycles. The molecule has 0 saturated carbocycles. The molecule has 4 heterocycles. The minimum atomic E-state index is -0.382. The Labute approximate surface area is 229 Å². The molecule has 0 radical (unpaired) electrons. The van der Waals surface area contributed by atoms with E-state index in [0.29, 0.717) is 56.2 Å². The first kappa shape index (κ1) is 26.0. The Kier molecular flexibility index (Phi) is 7.17. The molecule has 0 aliphatic heterocycles. The van der Waals surface area contributed by atoms with E-state index < -0.39 is 0 Å². The van der Waals surface area contributed by atoms with Gasteiger partial charge in [0.15, 0.2) is 11.6 Å². The highest BCUT2D eigenvalue weighted by Gasteiger charge is 2.20. The lowest BCUT2D eigenvalue weighted by Crippen LogP contribution is -1.88. The van der Waals surface area contributed by atoms with Crippen molar-refractivity contribution in [3.05, 3.63) is 120 Å². The van der Waals surface area contributed by atoms with E-state index in [4.69, 9.17) is 9.47 Å². The summed E-state index contributed by atoms with van der Waals surface area (Å²) >= 11 is 0. The summed E-state index contributed by atoms with van der Waals surface area (Å²) in [5, 5.41) is 18.7. The number of pyridine rings is 2. The first-order valence-corrected chi connectivity index (χ1v) is 12.2.